The molecule has 0 radical (unpaired) electrons. The highest BCUT2D eigenvalue weighted by atomic mass is 16.5. The maximum absolute atomic E-state index is 12.6. The second-order valence-electron chi connectivity index (χ2n) is 7.93. The number of pyridine rings is 1. The standard InChI is InChI=1S/C23H28N4O2/c1-26-14-18(19-13-24-27(2)15-19)12-22(23(26)28)25-20-8-4-16(5-9-20)17-6-10-21(29-3)11-7-17/h6-7,10-16,20,25H,4-5,8-9H2,1-3H3. The second-order valence-corrected chi connectivity index (χ2v) is 7.93. The molecule has 1 fully saturated rings. The number of aryl methyl sites for hydroxylation is 2. The molecule has 0 saturated heterocycles. The van der Waals surface area contributed by atoms with Crippen molar-refractivity contribution in [2.45, 2.75) is 37.6 Å². The van der Waals surface area contributed by atoms with Gasteiger partial charge in [-0.1, -0.05) is 12.1 Å². The van der Waals surface area contributed by atoms with Crippen molar-refractivity contribution < 1.29 is 4.74 Å². The van der Waals surface area contributed by atoms with Crippen LogP contribution in [0.3, 0.4) is 0 Å². The van der Waals surface area contributed by atoms with Crippen LogP contribution < -0.4 is 15.6 Å². The highest BCUT2D eigenvalue weighted by Crippen LogP contribution is 2.34. The van der Waals surface area contributed by atoms with E-state index >= 15 is 0 Å². The smallest absolute Gasteiger partial charge is 0.273 e. The molecule has 29 heavy (non-hydrogen) atoms. The van der Waals surface area contributed by atoms with Crippen LogP contribution in [0.25, 0.3) is 11.1 Å². The van der Waals surface area contributed by atoms with Gasteiger partial charge in [-0.15, -0.1) is 0 Å². The van der Waals surface area contributed by atoms with E-state index in [2.05, 4.69) is 22.5 Å². The summed E-state index contributed by atoms with van der Waals surface area (Å²) in [6.45, 7) is 0. The van der Waals surface area contributed by atoms with Crippen molar-refractivity contribution in [3.05, 3.63) is 64.8 Å². The zero-order valence-electron chi connectivity index (χ0n) is 17.3. The molecule has 3 aromatic rings. The summed E-state index contributed by atoms with van der Waals surface area (Å²) in [5.41, 5.74) is 4.05. The van der Waals surface area contributed by atoms with Gasteiger partial charge >= 0.3 is 0 Å². The Balaban J connectivity index is 1.45. The number of aromatic nitrogens is 3. The molecule has 2 heterocycles. The molecule has 1 saturated carbocycles. The van der Waals surface area contributed by atoms with Crippen molar-refractivity contribution in [1.29, 1.82) is 0 Å². The van der Waals surface area contributed by atoms with Crippen LogP contribution in [0.15, 0.2) is 53.7 Å². The van der Waals surface area contributed by atoms with E-state index in [-0.39, 0.29) is 5.56 Å². The van der Waals surface area contributed by atoms with E-state index in [1.54, 1.807) is 23.4 Å². The number of nitrogens with zero attached hydrogens (tertiary/aromatic N) is 3. The minimum atomic E-state index is 0.00918. The van der Waals surface area contributed by atoms with Crippen molar-refractivity contribution in [1.82, 2.24) is 14.3 Å². The van der Waals surface area contributed by atoms with Crippen molar-refractivity contribution in [2.75, 3.05) is 12.4 Å². The lowest BCUT2D eigenvalue weighted by Gasteiger charge is -2.30. The minimum absolute atomic E-state index is 0.00918. The zero-order chi connectivity index (χ0) is 20.4. The second kappa shape index (κ2) is 8.15. The van der Waals surface area contributed by atoms with Crippen molar-refractivity contribution >= 4 is 5.69 Å². The summed E-state index contributed by atoms with van der Waals surface area (Å²) in [5.74, 6) is 1.47. The van der Waals surface area contributed by atoms with Crippen LogP contribution in [0.4, 0.5) is 5.69 Å². The quantitative estimate of drug-likeness (QED) is 0.715. The van der Waals surface area contributed by atoms with Crippen molar-refractivity contribution in [3.63, 3.8) is 0 Å². The Morgan fingerprint density at radius 1 is 1.03 bits per heavy atom. The number of hydrogen-bond acceptors (Lipinski definition) is 4. The molecule has 1 aliphatic carbocycles. The van der Waals surface area contributed by atoms with Crippen LogP contribution in [0.1, 0.15) is 37.2 Å². The van der Waals surface area contributed by atoms with E-state index < -0.39 is 0 Å². The summed E-state index contributed by atoms with van der Waals surface area (Å²) in [7, 11) is 5.39. The molecule has 4 rings (SSSR count). The minimum Gasteiger partial charge on any atom is -0.497 e. The van der Waals surface area contributed by atoms with Gasteiger partial charge in [0.15, 0.2) is 0 Å². The summed E-state index contributed by atoms with van der Waals surface area (Å²) in [6.07, 6.45) is 9.99. The maximum Gasteiger partial charge on any atom is 0.273 e. The van der Waals surface area contributed by atoms with Crippen LogP contribution in [0, 0.1) is 0 Å². The summed E-state index contributed by atoms with van der Waals surface area (Å²) in [4.78, 5) is 12.6. The van der Waals surface area contributed by atoms with Gasteiger partial charge in [-0.2, -0.15) is 5.10 Å². The van der Waals surface area contributed by atoms with Gasteiger partial charge in [0.1, 0.15) is 11.4 Å². The molecule has 152 valence electrons. The summed E-state index contributed by atoms with van der Waals surface area (Å²) >= 11 is 0. The van der Waals surface area contributed by atoms with Crippen molar-refractivity contribution in [3.8, 4) is 16.9 Å². The lowest BCUT2D eigenvalue weighted by Crippen LogP contribution is -2.30. The Morgan fingerprint density at radius 2 is 1.76 bits per heavy atom. The normalized spacial score (nSPS) is 19.1. The molecule has 2 aromatic heterocycles. The fourth-order valence-electron chi connectivity index (χ4n) is 4.21. The van der Waals surface area contributed by atoms with Crippen LogP contribution in [0.5, 0.6) is 5.75 Å². The first-order chi connectivity index (χ1) is 14.0. The van der Waals surface area contributed by atoms with Gasteiger partial charge in [-0.25, -0.2) is 0 Å². The number of rotatable bonds is 5. The third-order valence-electron chi connectivity index (χ3n) is 5.90. The summed E-state index contributed by atoms with van der Waals surface area (Å²) in [6, 6.07) is 10.7. The number of methoxy groups -OCH3 is 1. The average molecular weight is 393 g/mol. The fraction of sp³-hybridized carbons (Fsp3) is 0.391. The maximum atomic E-state index is 12.6. The Morgan fingerprint density at radius 3 is 2.38 bits per heavy atom. The number of nitrogens with one attached hydrogen (secondary N) is 1. The summed E-state index contributed by atoms with van der Waals surface area (Å²) in [5, 5.41) is 7.76. The molecule has 0 aliphatic heterocycles. The number of anilines is 1. The van der Waals surface area contributed by atoms with Gasteiger partial charge in [0.2, 0.25) is 0 Å². The fourth-order valence-corrected chi connectivity index (χ4v) is 4.21. The molecule has 1 aromatic carbocycles. The highest BCUT2D eigenvalue weighted by Gasteiger charge is 2.23. The van der Waals surface area contributed by atoms with Crippen molar-refractivity contribution in [2.24, 2.45) is 14.1 Å². The Bertz CT molecular complexity index is 1030. The van der Waals surface area contributed by atoms with Crippen LogP contribution in [-0.4, -0.2) is 27.5 Å². The van der Waals surface area contributed by atoms with Gasteiger partial charge < -0.3 is 14.6 Å². The van der Waals surface area contributed by atoms with E-state index in [4.69, 9.17) is 4.74 Å². The molecular weight excluding hydrogens is 364 g/mol. The average Bonchev–Trinajstić information content (AvgIpc) is 3.18. The van der Waals surface area contributed by atoms with Gasteiger partial charge in [-0.3, -0.25) is 9.48 Å². The third kappa shape index (κ3) is 4.21. The molecule has 6 nitrogen and oxygen atoms in total. The molecule has 1 N–H and O–H groups in total. The predicted molar refractivity (Wildman–Crippen MR) is 115 cm³/mol. The van der Waals surface area contributed by atoms with E-state index in [0.29, 0.717) is 17.6 Å². The Labute approximate surface area is 171 Å². The van der Waals surface area contributed by atoms with Gasteiger partial charge in [0, 0.05) is 43.7 Å². The van der Waals surface area contributed by atoms with E-state index in [1.165, 1.54) is 5.56 Å². The van der Waals surface area contributed by atoms with Crippen LogP contribution in [-0.2, 0) is 14.1 Å². The van der Waals surface area contributed by atoms with Gasteiger partial charge in [-0.05, 0) is 55.4 Å². The number of benzene rings is 1. The van der Waals surface area contributed by atoms with E-state index in [0.717, 1.165) is 42.6 Å². The van der Waals surface area contributed by atoms with Crippen LogP contribution in [0.2, 0.25) is 0 Å². The molecule has 0 atom stereocenters. The topological polar surface area (TPSA) is 61.1 Å². The monoisotopic (exact) mass is 392 g/mol. The molecule has 0 unspecified atom stereocenters. The van der Waals surface area contributed by atoms with Gasteiger partial charge in [0.05, 0.1) is 13.3 Å². The van der Waals surface area contributed by atoms with E-state index in [1.807, 2.05) is 43.8 Å². The molecular formula is C23H28N4O2. The Hall–Kier alpha value is -3.02. The van der Waals surface area contributed by atoms with Crippen LogP contribution >= 0.6 is 0 Å². The first kappa shape index (κ1) is 19.3. The van der Waals surface area contributed by atoms with Gasteiger partial charge in [0.25, 0.3) is 5.56 Å². The van der Waals surface area contributed by atoms with E-state index in [9.17, 15) is 4.79 Å². The first-order valence-electron chi connectivity index (χ1n) is 10.1. The molecule has 0 bridgehead atoms. The Kier molecular flexibility index (Phi) is 5.43. The largest absolute Gasteiger partial charge is 0.497 e. The SMILES string of the molecule is COc1ccc(C2CCC(Nc3cc(-c4cnn(C)c4)cn(C)c3=O)CC2)cc1. The first-order valence-corrected chi connectivity index (χ1v) is 10.1. The molecule has 0 spiro atoms. The zero-order valence-corrected chi connectivity index (χ0v) is 17.3. The molecule has 1 aliphatic rings. The number of ether oxygens (including phenoxy) is 1. The number of hydrogen-bond donors (Lipinski definition) is 1. The highest BCUT2D eigenvalue weighted by molar-refractivity contribution is 5.65. The lowest BCUT2D eigenvalue weighted by molar-refractivity contribution is 0.406. The predicted octanol–water partition coefficient (Wildman–Crippen LogP) is 3.93. The summed E-state index contributed by atoms with van der Waals surface area (Å²) < 4.78 is 8.68. The molecule has 0 amide bonds. The lowest BCUT2D eigenvalue weighted by atomic mass is 9.81. The molecule has 6 heteroatoms. The third-order valence-corrected chi connectivity index (χ3v) is 5.90.